The number of nitriles is 1. The Kier molecular flexibility index (Phi) is 2.59. The quantitative estimate of drug-likeness (QED) is 0.823. The van der Waals surface area contributed by atoms with Gasteiger partial charge in [-0.25, -0.2) is 4.98 Å². The molecule has 0 amide bonds. The number of hydrogen-bond donors (Lipinski definition) is 0. The second-order valence-electron chi connectivity index (χ2n) is 5.14. The highest BCUT2D eigenvalue weighted by atomic mass is 15.1. The minimum atomic E-state index is -0.00586. The first kappa shape index (κ1) is 11.3. The van der Waals surface area contributed by atoms with Crippen molar-refractivity contribution in [3.05, 3.63) is 29.6 Å². The van der Waals surface area contributed by atoms with Gasteiger partial charge in [-0.2, -0.15) is 5.26 Å². The molecule has 0 saturated heterocycles. The van der Waals surface area contributed by atoms with Gasteiger partial charge in [-0.1, -0.05) is 13.0 Å². The highest BCUT2D eigenvalue weighted by Gasteiger charge is 2.28. The van der Waals surface area contributed by atoms with Crippen LogP contribution in [0.4, 0.5) is 0 Å². The van der Waals surface area contributed by atoms with E-state index in [9.17, 15) is 0 Å². The van der Waals surface area contributed by atoms with Gasteiger partial charge in [-0.05, 0) is 37.0 Å². The van der Waals surface area contributed by atoms with Gasteiger partial charge in [-0.15, -0.1) is 0 Å². The van der Waals surface area contributed by atoms with E-state index in [1.165, 1.54) is 18.7 Å². The highest BCUT2D eigenvalue weighted by molar-refractivity contribution is 5.77. The monoisotopic (exact) mass is 239 g/mol. The Morgan fingerprint density at radius 3 is 2.89 bits per heavy atom. The third kappa shape index (κ3) is 1.69. The van der Waals surface area contributed by atoms with Crippen molar-refractivity contribution in [3.63, 3.8) is 0 Å². The maximum atomic E-state index is 9.15. The van der Waals surface area contributed by atoms with Crippen molar-refractivity contribution >= 4 is 11.0 Å². The molecular formula is C15H17N3. The normalized spacial score (nSPS) is 16.7. The summed E-state index contributed by atoms with van der Waals surface area (Å²) >= 11 is 0. The Labute approximate surface area is 107 Å². The van der Waals surface area contributed by atoms with E-state index in [0.29, 0.717) is 5.92 Å². The number of rotatable bonds is 3. The first-order valence-electron chi connectivity index (χ1n) is 6.60. The van der Waals surface area contributed by atoms with Gasteiger partial charge >= 0.3 is 0 Å². The number of fused-ring (bicyclic) bond motifs is 1. The zero-order chi connectivity index (χ0) is 12.7. The van der Waals surface area contributed by atoms with E-state index in [4.69, 9.17) is 10.2 Å². The summed E-state index contributed by atoms with van der Waals surface area (Å²) < 4.78 is 2.20. The fraction of sp³-hybridized carbons (Fsp3) is 0.467. The average molecular weight is 239 g/mol. The number of hydrogen-bond acceptors (Lipinski definition) is 2. The van der Waals surface area contributed by atoms with Crippen LogP contribution in [0.5, 0.6) is 0 Å². The Morgan fingerprint density at radius 1 is 1.50 bits per heavy atom. The molecule has 1 aliphatic carbocycles. The molecule has 0 N–H and O–H groups in total. The van der Waals surface area contributed by atoms with Crippen LogP contribution in [0.2, 0.25) is 0 Å². The van der Waals surface area contributed by atoms with E-state index < -0.39 is 0 Å². The van der Waals surface area contributed by atoms with Gasteiger partial charge in [0.1, 0.15) is 5.82 Å². The van der Waals surface area contributed by atoms with Crippen LogP contribution in [0.1, 0.15) is 49.4 Å². The standard InChI is InChI=1S/C15H17N3/c1-3-10(9-16)12-6-7-13-14(8-12)18(2)15(17-13)11-4-5-11/h6-8,10-11H,3-5H2,1-2H3. The van der Waals surface area contributed by atoms with Gasteiger partial charge in [-0.3, -0.25) is 0 Å². The van der Waals surface area contributed by atoms with Crippen molar-refractivity contribution < 1.29 is 0 Å². The second kappa shape index (κ2) is 4.13. The highest BCUT2D eigenvalue weighted by Crippen LogP contribution is 2.40. The predicted molar refractivity (Wildman–Crippen MR) is 71.3 cm³/mol. The Bertz CT molecular complexity index is 629. The van der Waals surface area contributed by atoms with E-state index in [2.05, 4.69) is 36.7 Å². The van der Waals surface area contributed by atoms with E-state index in [-0.39, 0.29) is 5.92 Å². The summed E-state index contributed by atoms with van der Waals surface area (Å²) in [6.07, 6.45) is 3.38. The van der Waals surface area contributed by atoms with Crippen LogP contribution in [0.15, 0.2) is 18.2 Å². The van der Waals surface area contributed by atoms with Crippen LogP contribution in [-0.4, -0.2) is 9.55 Å². The van der Waals surface area contributed by atoms with Crippen molar-refractivity contribution in [1.82, 2.24) is 9.55 Å². The molecule has 3 heteroatoms. The predicted octanol–water partition coefficient (Wildman–Crippen LogP) is 3.47. The molecule has 1 fully saturated rings. The number of nitrogens with zero attached hydrogens (tertiary/aromatic N) is 3. The smallest absolute Gasteiger partial charge is 0.112 e. The summed E-state index contributed by atoms with van der Waals surface area (Å²) in [5, 5.41) is 9.15. The van der Waals surface area contributed by atoms with Crippen molar-refractivity contribution in [2.24, 2.45) is 7.05 Å². The van der Waals surface area contributed by atoms with Crippen LogP contribution < -0.4 is 0 Å². The van der Waals surface area contributed by atoms with Crippen LogP contribution >= 0.6 is 0 Å². The number of aromatic nitrogens is 2. The molecule has 1 saturated carbocycles. The lowest BCUT2D eigenvalue weighted by atomic mass is 9.98. The summed E-state index contributed by atoms with van der Waals surface area (Å²) in [6, 6.07) is 8.59. The van der Waals surface area contributed by atoms with Gasteiger partial charge in [0.25, 0.3) is 0 Å². The average Bonchev–Trinajstić information content (AvgIpc) is 3.17. The van der Waals surface area contributed by atoms with Crippen molar-refractivity contribution in [1.29, 1.82) is 5.26 Å². The van der Waals surface area contributed by atoms with Crippen LogP contribution in [0.3, 0.4) is 0 Å². The van der Waals surface area contributed by atoms with Gasteiger partial charge in [0.05, 0.1) is 23.0 Å². The van der Waals surface area contributed by atoms with E-state index in [1.54, 1.807) is 0 Å². The van der Waals surface area contributed by atoms with Gasteiger partial charge < -0.3 is 4.57 Å². The van der Waals surface area contributed by atoms with Crippen molar-refractivity contribution in [3.8, 4) is 6.07 Å². The Morgan fingerprint density at radius 2 is 2.28 bits per heavy atom. The van der Waals surface area contributed by atoms with Gasteiger partial charge in [0, 0.05) is 13.0 Å². The molecule has 1 aliphatic rings. The lowest BCUT2D eigenvalue weighted by molar-refractivity contribution is 0.809. The fourth-order valence-corrected chi connectivity index (χ4v) is 2.55. The third-order valence-corrected chi connectivity index (χ3v) is 3.85. The molecule has 2 aromatic rings. The van der Waals surface area contributed by atoms with E-state index in [1.807, 2.05) is 6.07 Å². The molecule has 3 nitrogen and oxygen atoms in total. The minimum absolute atomic E-state index is 0.00586. The topological polar surface area (TPSA) is 41.6 Å². The number of benzene rings is 1. The molecule has 0 spiro atoms. The molecule has 1 aromatic heterocycles. The molecule has 1 aromatic carbocycles. The number of imidazole rings is 1. The maximum absolute atomic E-state index is 9.15. The summed E-state index contributed by atoms with van der Waals surface area (Å²) in [6.45, 7) is 2.05. The molecule has 1 unspecified atom stereocenters. The molecule has 0 bridgehead atoms. The third-order valence-electron chi connectivity index (χ3n) is 3.85. The molecule has 1 heterocycles. The van der Waals surface area contributed by atoms with E-state index in [0.717, 1.165) is 23.0 Å². The minimum Gasteiger partial charge on any atom is -0.331 e. The molecule has 1 atom stereocenters. The first-order valence-corrected chi connectivity index (χ1v) is 6.60. The molecule has 3 rings (SSSR count). The fourth-order valence-electron chi connectivity index (χ4n) is 2.55. The van der Waals surface area contributed by atoms with Crippen LogP contribution in [0.25, 0.3) is 11.0 Å². The Balaban J connectivity index is 2.11. The summed E-state index contributed by atoms with van der Waals surface area (Å²) in [7, 11) is 2.08. The van der Waals surface area contributed by atoms with Crippen LogP contribution in [-0.2, 0) is 7.05 Å². The Hall–Kier alpha value is -1.82. The maximum Gasteiger partial charge on any atom is 0.112 e. The first-order chi connectivity index (χ1) is 8.74. The molecule has 0 radical (unpaired) electrons. The lowest BCUT2D eigenvalue weighted by Gasteiger charge is -2.06. The van der Waals surface area contributed by atoms with Crippen molar-refractivity contribution in [2.45, 2.75) is 38.0 Å². The largest absolute Gasteiger partial charge is 0.331 e. The van der Waals surface area contributed by atoms with Gasteiger partial charge in [0.2, 0.25) is 0 Å². The molecule has 92 valence electrons. The lowest BCUT2D eigenvalue weighted by Crippen LogP contribution is -1.97. The van der Waals surface area contributed by atoms with Crippen LogP contribution in [0, 0.1) is 11.3 Å². The summed E-state index contributed by atoms with van der Waals surface area (Å²) in [5.41, 5.74) is 3.32. The summed E-state index contributed by atoms with van der Waals surface area (Å²) in [4.78, 5) is 4.71. The number of aryl methyl sites for hydroxylation is 1. The van der Waals surface area contributed by atoms with Crippen molar-refractivity contribution in [2.75, 3.05) is 0 Å². The molecule has 0 aliphatic heterocycles. The van der Waals surface area contributed by atoms with Gasteiger partial charge in [0.15, 0.2) is 0 Å². The summed E-state index contributed by atoms with van der Waals surface area (Å²) in [5.74, 6) is 1.85. The second-order valence-corrected chi connectivity index (χ2v) is 5.14. The van der Waals surface area contributed by atoms with E-state index >= 15 is 0 Å². The molecule has 18 heavy (non-hydrogen) atoms. The molecular weight excluding hydrogens is 222 g/mol. The zero-order valence-corrected chi connectivity index (χ0v) is 10.8. The SMILES string of the molecule is CCC(C#N)c1ccc2nc(C3CC3)n(C)c2c1. The zero-order valence-electron chi connectivity index (χ0n) is 10.8.